The van der Waals surface area contributed by atoms with Gasteiger partial charge >= 0.3 is 0 Å². The molecule has 0 fully saturated rings. The highest BCUT2D eigenvalue weighted by atomic mass is 32.2. The molecule has 0 saturated heterocycles. The van der Waals surface area contributed by atoms with E-state index >= 15 is 0 Å². The minimum Gasteiger partial charge on any atom is -0.496 e. The van der Waals surface area contributed by atoms with E-state index in [0.29, 0.717) is 6.54 Å². The van der Waals surface area contributed by atoms with E-state index in [2.05, 4.69) is 40.0 Å². The first-order valence-electron chi connectivity index (χ1n) is 9.87. The van der Waals surface area contributed by atoms with Crippen molar-refractivity contribution in [2.75, 3.05) is 39.2 Å². The Labute approximate surface area is 180 Å². The minimum atomic E-state index is 0.264. The van der Waals surface area contributed by atoms with E-state index < -0.39 is 0 Å². The number of aromatic nitrogens is 5. The molecule has 0 aliphatic carbocycles. The molecule has 8 nitrogen and oxygen atoms in total. The van der Waals surface area contributed by atoms with Gasteiger partial charge in [-0.25, -0.2) is 9.67 Å². The summed E-state index contributed by atoms with van der Waals surface area (Å²) in [7, 11) is 5.86. The van der Waals surface area contributed by atoms with Crippen molar-refractivity contribution >= 4 is 34.8 Å². The zero-order valence-corrected chi connectivity index (χ0v) is 18.9. The molecule has 3 aromatic rings. The van der Waals surface area contributed by atoms with Crippen molar-refractivity contribution in [3.05, 3.63) is 34.3 Å². The first kappa shape index (κ1) is 20.6. The molecule has 0 bridgehead atoms. The Hall–Kier alpha value is -2.65. The Bertz CT molecular complexity index is 1140. The zero-order valence-electron chi connectivity index (χ0n) is 18.1. The maximum Gasteiger partial charge on any atom is 0.223 e. The highest BCUT2D eigenvalue weighted by molar-refractivity contribution is 7.99. The number of nitrogens with zero attached hydrogens (tertiary/aromatic N) is 6. The van der Waals surface area contributed by atoms with Gasteiger partial charge in [0, 0.05) is 29.6 Å². The van der Waals surface area contributed by atoms with Crippen LogP contribution in [0.2, 0.25) is 0 Å². The van der Waals surface area contributed by atoms with Crippen LogP contribution in [0, 0.1) is 13.8 Å². The van der Waals surface area contributed by atoms with Crippen LogP contribution in [-0.4, -0.2) is 63.1 Å². The monoisotopic (exact) mass is 425 g/mol. The molecule has 1 aliphatic rings. The van der Waals surface area contributed by atoms with E-state index in [4.69, 9.17) is 15.6 Å². The topological polar surface area (TPSA) is 95.0 Å². The molecule has 2 N–H and O–H groups in total. The molecule has 0 amide bonds. The van der Waals surface area contributed by atoms with E-state index in [9.17, 15) is 0 Å². The van der Waals surface area contributed by atoms with Gasteiger partial charge in [0.05, 0.1) is 30.4 Å². The number of methoxy groups -OCH3 is 1. The molecule has 0 spiro atoms. The van der Waals surface area contributed by atoms with Crippen LogP contribution in [0.3, 0.4) is 0 Å². The molecule has 0 saturated carbocycles. The molecule has 4 heterocycles. The Balaban J connectivity index is 1.79. The lowest BCUT2D eigenvalue weighted by molar-refractivity contribution is 0.406. The number of rotatable bonds is 6. The van der Waals surface area contributed by atoms with E-state index in [1.54, 1.807) is 18.9 Å². The number of ether oxygens (including phenoxy) is 1. The number of hydrogen-bond donors (Lipinski definition) is 1. The van der Waals surface area contributed by atoms with Crippen LogP contribution in [-0.2, 0) is 6.54 Å². The van der Waals surface area contributed by atoms with Crippen molar-refractivity contribution in [1.29, 1.82) is 0 Å². The van der Waals surface area contributed by atoms with Gasteiger partial charge in [0.2, 0.25) is 5.95 Å². The Morgan fingerprint density at radius 3 is 2.80 bits per heavy atom. The largest absolute Gasteiger partial charge is 0.496 e. The van der Waals surface area contributed by atoms with E-state index in [-0.39, 0.29) is 5.95 Å². The summed E-state index contributed by atoms with van der Waals surface area (Å²) in [5.41, 5.74) is 11.9. The highest BCUT2D eigenvalue weighted by Gasteiger charge is 2.22. The lowest BCUT2D eigenvalue weighted by Crippen LogP contribution is -2.14. The standard InChI is InChI=1S/C21H27N7OS/c1-12-9-23-16(13(2)18(12)29-5)10-28-19-17-15(26-28)8-14(6-7-27(3)4)11-30-20(17)25-21(22)24-19/h8-9H,6-7,10-11H2,1-5H3,(H2,22,24,25). The second-order valence-electron chi connectivity index (χ2n) is 7.82. The highest BCUT2D eigenvalue weighted by Crippen LogP contribution is 2.35. The number of pyridine rings is 1. The van der Waals surface area contributed by atoms with Gasteiger partial charge in [-0.1, -0.05) is 5.57 Å². The molecule has 9 heteroatoms. The second kappa shape index (κ2) is 8.23. The van der Waals surface area contributed by atoms with Crippen LogP contribution in [0.1, 0.15) is 28.9 Å². The normalized spacial score (nSPS) is 13.6. The molecule has 0 radical (unpaired) electrons. The predicted octanol–water partition coefficient (Wildman–Crippen LogP) is 2.92. The van der Waals surface area contributed by atoms with Crippen molar-refractivity contribution in [2.45, 2.75) is 31.8 Å². The van der Waals surface area contributed by atoms with Crippen molar-refractivity contribution in [1.82, 2.24) is 29.6 Å². The molecule has 1 aliphatic heterocycles. The van der Waals surface area contributed by atoms with Crippen molar-refractivity contribution < 1.29 is 4.74 Å². The summed E-state index contributed by atoms with van der Waals surface area (Å²) in [5.74, 6) is 2.00. The summed E-state index contributed by atoms with van der Waals surface area (Å²) in [6.45, 7) is 5.49. The quantitative estimate of drug-likeness (QED) is 0.603. The van der Waals surface area contributed by atoms with E-state index in [1.165, 1.54) is 5.57 Å². The smallest absolute Gasteiger partial charge is 0.223 e. The third kappa shape index (κ3) is 3.87. The average Bonchev–Trinajstić information content (AvgIpc) is 2.92. The van der Waals surface area contributed by atoms with Crippen molar-refractivity contribution in [3.63, 3.8) is 0 Å². The Kier molecular flexibility index (Phi) is 5.66. The van der Waals surface area contributed by atoms with Crippen LogP contribution < -0.4 is 10.5 Å². The number of thioether (sulfide) groups is 1. The maximum absolute atomic E-state index is 6.04. The van der Waals surface area contributed by atoms with Crippen LogP contribution in [0.4, 0.5) is 5.95 Å². The summed E-state index contributed by atoms with van der Waals surface area (Å²) in [4.78, 5) is 15.8. The third-order valence-electron chi connectivity index (χ3n) is 5.27. The van der Waals surface area contributed by atoms with Crippen molar-refractivity contribution in [2.24, 2.45) is 0 Å². The first-order chi connectivity index (χ1) is 14.4. The zero-order chi connectivity index (χ0) is 21.4. The molecule has 30 heavy (non-hydrogen) atoms. The number of nitrogen functional groups attached to an aromatic ring is 1. The van der Waals surface area contributed by atoms with Crippen LogP contribution in [0.15, 0.2) is 16.8 Å². The number of hydrogen-bond acceptors (Lipinski definition) is 8. The lowest BCUT2D eigenvalue weighted by Gasteiger charge is -2.13. The predicted molar refractivity (Wildman–Crippen MR) is 121 cm³/mol. The summed E-state index contributed by atoms with van der Waals surface area (Å²) in [5, 5.41) is 6.74. The summed E-state index contributed by atoms with van der Waals surface area (Å²) in [6.07, 6.45) is 5.00. The summed E-state index contributed by atoms with van der Waals surface area (Å²) >= 11 is 1.70. The fourth-order valence-electron chi connectivity index (χ4n) is 3.68. The van der Waals surface area contributed by atoms with Gasteiger partial charge in [-0.2, -0.15) is 10.1 Å². The van der Waals surface area contributed by atoms with Gasteiger partial charge in [0.15, 0.2) is 5.65 Å². The average molecular weight is 426 g/mol. The van der Waals surface area contributed by atoms with Gasteiger partial charge in [-0.3, -0.25) is 4.98 Å². The fraction of sp³-hybridized carbons (Fsp3) is 0.429. The van der Waals surface area contributed by atoms with Crippen LogP contribution in [0.25, 0.3) is 17.1 Å². The third-order valence-corrected chi connectivity index (χ3v) is 6.35. The SMILES string of the molecule is COc1c(C)cnc(Cn2nc3c4c(nc(N)nc42)SCC(CCN(C)C)=C3)c1C. The van der Waals surface area contributed by atoms with E-state index in [0.717, 1.165) is 63.0 Å². The fourth-order valence-corrected chi connectivity index (χ4v) is 4.73. The number of anilines is 1. The summed E-state index contributed by atoms with van der Waals surface area (Å²) in [6, 6.07) is 0. The Morgan fingerprint density at radius 1 is 1.27 bits per heavy atom. The summed E-state index contributed by atoms with van der Waals surface area (Å²) < 4.78 is 7.44. The molecule has 158 valence electrons. The van der Waals surface area contributed by atoms with Crippen molar-refractivity contribution in [3.8, 4) is 5.75 Å². The molecule has 4 rings (SSSR count). The molecule has 0 atom stereocenters. The lowest BCUT2D eigenvalue weighted by atomic mass is 10.1. The van der Waals surface area contributed by atoms with Gasteiger partial charge in [-0.05, 0) is 40.4 Å². The molecule has 3 aromatic heterocycles. The van der Waals surface area contributed by atoms with Crippen LogP contribution >= 0.6 is 11.8 Å². The van der Waals surface area contributed by atoms with Gasteiger partial charge < -0.3 is 15.4 Å². The maximum atomic E-state index is 6.04. The van der Waals surface area contributed by atoms with E-state index in [1.807, 2.05) is 24.7 Å². The van der Waals surface area contributed by atoms with Crippen LogP contribution in [0.5, 0.6) is 5.75 Å². The van der Waals surface area contributed by atoms with Gasteiger partial charge in [-0.15, -0.1) is 11.8 Å². The minimum absolute atomic E-state index is 0.264. The first-order valence-corrected chi connectivity index (χ1v) is 10.9. The number of nitrogens with two attached hydrogens (primary N) is 1. The second-order valence-corrected chi connectivity index (χ2v) is 8.78. The Morgan fingerprint density at radius 2 is 2.07 bits per heavy atom. The number of aryl methyl sites for hydroxylation is 1. The molecular weight excluding hydrogens is 398 g/mol. The molecule has 0 aromatic carbocycles. The van der Waals surface area contributed by atoms with Gasteiger partial charge in [0.1, 0.15) is 10.8 Å². The molecular formula is C21H27N7OS. The van der Waals surface area contributed by atoms with Gasteiger partial charge in [0.25, 0.3) is 0 Å². The molecule has 0 unspecified atom stereocenters.